The third-order valence-corrected chi connectivity index (χ3v) is 5.22. The number of halogens is 1. The summed E-state index contributed by atoms with van der Waals surface area (Å²) >= 11 is 0. The number of amides is 1. The van der Waals surface area contributed by atoms with Gasteiger partial charge >= 0.3 is 0 Å². The molecule has 0 atom stereocenters. The van der Waals surface area contributed by atoms with Gasteiger partial charge in [-0.2, -0.15) is 0 Å². The van der Waals surface area contributed by atoms with Crippen LogP contribution in [-0.4, -0.2) is 44.5 Å². The fraction of sp³-hybridized carbons (Fsp3) is 0.533. The summed E-state index contributed by atoms with van der Waals surface area (Å²) in [6, 6.07) is 6.20. The SMILES string of the molecule is CS(=O)(=O)N1CCC(C(=O)NCCc2ccc(F)cc2)CC1. The van der Waals surface area contributed by atoms with Crippen LogP contribution in [0.4, 0.5) is 4.39 Å². The third kappa shape index (κ3) is 4.78. The van der Waals surface area contributed by atoms with Gasteiger partial charge in [0.05, 0.1) is 6.26 Å². The number of hydrogen-bond acceptors (Lipinski definition) is 3. The van der Waals surface area contributed by atoms with Crippen molar-refractivity contribution in [1.82, 2.24) is 9.62 Å². The highest BCUT2D eigenvalue weighted by Gasteiger charge is 2.28. The zero-order chi connectivity index (χ0) is 16.2. The van der Waals surface area contributed by atoms with Gasteiger partial charge < -0.3 is 5.32 Å². The van der Waals surface area contributed by atoms with E-state index in [-0.39, 0.29) is 17.6 Å². The summed E-state index contributed by atoms with van der Waals surface area (Å²) in [5.74, 6) is -0.438. The molecule has 1 aliphatic heterocycles. The van der Waals surface area contributed by atoms with E-state index in [9.17, 15) is 17.6 Å². The van der Waals surface area contributed by atoms with Crippen molar-refractivity contribution in [2.45, 2.75) is 19.3 Å². The molecule has 5 nitrogen and oxygen atoms in total. The van der Waals surface area contributed by atoms with Crippen molar-refractivity contribution in [3.05, 3.63) is 35.6 Å². The average Bonchev–Trinajstić information content (AvgIpc) is 2.48. The summed E-state index contributed by atoms with van der Waals surface area (Å²) < 4.78 is 37.0. The van der Waals surface area contributed by atoms with Gasteiger partial charge in [0.1, 0.15) is 5.82 Å². The minimum Gasteiger partial charge on any atom is -0.356 e. The number of nitrogens with one attached hydrogen (secondary N) is 1. The Morgan fingerprint density at radius 1 is 1.27 bits per heavy atom. The molecule has 1 heterocycles. The fourth-order valence-corrected chi connectivity index (χ4v) is 3.45. The Morgan fingerprint density at radius 2 is 1.86 bits per heavy atom. The van der Waals surface area contributed by atoms with E-state index < -0.39 is 10.0 Å². The topological polar surface area (TPSA) is 66.5 Å². The van der Waals surface area contributed by atoms with Crippen LogP contribution in [-0.2, 0) is 21.2 Å². The van der Waals surface area contributed by atoms with Crippen LogP contribution in [0.5, 0.6) is 0 Å². The smallest absolute Gasteiger partial charge is 0.223 e. The number of rotatable bonds is 5. The number of benzene rings is 1. The van der Waals surface area contributed by atoms with Crippen molar-refractivity contribution in [2.24, 2.45) is 5.92 Å². The van der Waals surface area contributed by atoms with Crippen molar-refractivity contribution in [1.29, 1.82) is 0 Å². The first-order valence-corrected chi connectivity index (χ1v) is 9.18. The summed E-state index contributed by atoms with van der Waals surface area (Å²) in [4.78, 5) is 12.1. The second kappa shape index (κ2) is 7.19. The second-order valence-corrected chi connectivity index (χ2v) is 7.59. The molecule has 0 bridgehead atoms. The minimum atomic E-state index is -3.16. The summed E-state index contributed by atoms with van der Waals surface area (Å²) in [7, 11) is -3.16. The highest BCUT2D eigenvalue weighted by Crippen LogP contribution is 2.19. The summed E-state index contributed by atoms with van der Waals surface area (Å²) in [5.41, 5.74) is 0.966. The molecule has 1 aromatic carbocycles. The van der Waals surface area contributed by atoms with Gasteiger partial charge in [0.2, 0.25) is 15.9 Å². The van der Waals surface area contributed by atoms with Crippen molar-refractivity contribution in [2.75, 3.05) is 25.9 Å². The van der Waals surface area contributed by atoms with Crippen LogP contribution in [0.15, 0.2) is 24.3 Å². The number of nitrogens with zero attached hydrogens (tertiary/aromatic N) is 1. The molecule has 1 aliphatic rings. The van der Waals surface area contributed by atoms with Gasteiger partial charge in [-0.3, -0.25) is 4.79 Å². The van der Waals surface area contributed by atoms with E-state index in [1.807, 2.05) is 0 Å². The van der Waals surface area contributed by atoms with E-state index in [0.29, 0.717) is 38.9 Å². The molecule has 0 radical (unpaired) electrons. The molecule has 122 valence electrons. The van der Waals surface area contributed by atoms with Gasteiger partial charge in [-0.1, -0.05) is 12.1 Å². The highest BCUT2D eigenvalue weighted by atomic mass is 32.2. The van der Waals surface area contributed by atoms with Crippen molar-refractivity contribution >= 4 is 15.9 Å². The molecular formula is C15H21FN2O3S. The zero-order valence-electron chi connectivity index (χ0n) is 12.6. The quantitative estimate of drug-likeness (QED) is 0.882. The molecule has 1 fully saturated rings. The lowest BCUT2D eigenvalue weighted by Crippen LogP contribution is -2.42. The van der Waals surface area contributed by atoms with Gasteiger partial charge in [-0.15, -0.1) is 0 Å². The van der Waals surface area contributed by atoms with Crippen molar-refractivity contribution in [3.63, 3.8) is 0 Å². The van der Waals surface area contributed by atoms with E-state index in [0.717, 1.165) is 5.56 Å². The molecule has 1 N–H and O–H groups in total. The third-order valence-electron chi connectivity index (χ3n) is 3.92. The maximum Gasteiger partial charge on any atom is 0.223 e. The Labute approximate surface area is 130 Å². The van der Waals surface area contributed by atoms with Crippen LogP contribution < -0.4 is 5.32 Å². The predicted octanol–water partition coefficient (Wildman–Crippen LogP) is 1.16. The lowest BCUT2D eigenvalue weighted by molar-refractivity contribution is -0.126. The van der Waals surface area contributed by atoms with E-state index in [1.54, 1.807) is 12.1 Å². The van der Waals surface area contributed by atoms with Crippen LogP contribution in [0.3, 0.4) is 0 Å². The van der Waals surface area contributed by atoms with Gasteiger partial charge in [0, 0.05) is 25.6 Å². The Balaban J connectivity index is 1.73. The standard InChI is InChI=1S/C15H21FN2O3S/c1-22(20,21)18-10-7-13(8-11-18)15(19)17-9-6-12-2-4-14(16)5-3-12/h2-5,13H,6-11H2,1H3,(H,17,19). The second-order valence-electron chi connectivity index (χ2n) is 5.60. The van der Waals surface area contributed by atoms with Gasteiger partial charge in [0.15, 0.2) is 0 Å². The Hall–Kier alpha value is -1.47. The monoisotopic (exact) mass is 328 g/mol. The fourth-order valence-electron chi connectivity index (χ4n) is 2.58. The maximum atomic E-state index is 12.8. The molecule has 0 aliphatic carbocycles. The van der Waals surface area contributed by atoms with Crippen molar-refractivity contribution in [3.8, 4) is 0 Å². The van der Waals surface area contributed by atoms with Gasteiger partial charge in [-0.25, -0.2) is 17.1 Å². The number of sulfonamides is 1. The largest absolute Gasteiger partial charge is 0.356 e. The molecule has 0 spiro atoms. The number of piperidine rings is 1. The van der Waals surface area contributed by atoms with E-state index in [4.69, 9.17) is 0 Å². The summed E-state index contributed by atoms with van der Waals surface area (Å²) in [5, 5.41) is 2.87. The normalized spacial score (nSPS) is 17.4. The predicted molar refractivity (Wildman–Crippen MR) is 82.3 cm³/mol. The van der Waals surface area contributed by atoms with Crippen molar-refractivity contribution < 1.29 is 17.6 Å². The van der Waals surface area contributed by atoms with E-state index >= 15 is 0 Å². The average molecular weight is 328 g/mol. The summed E-state index contributed by atoms with van der Waals surface area (Å²) in [6.45, 7) is 1.29. The highest BCUT2D eigenvalue weighted by molar-refractivity contribution is 7.88. The molecule has 7 heteroatoms. The zero-order valence-corrected chi connectivity index (χ0v) is 13.4. The molecule has 0 aromatic heterocycles. The van der Waals surface area contributed by atoms with Crippen LogP contribution in [0.2, 0.25) is 0 Å². The number of carbonyl (C=O) groups is 1. The molecule has 0 saturated carbocycles. The lowest BCUT2D eigenvalue weighted by atomic mass is 9.97. The van der Waals surface area contributed by atoms with Crippen LogP contribution in [0.25, 0.3) is 0 Å². The first kappa shape index (κ1) is 16.9. The van der Waals surface area contributed by atoms with Gasteiger partial charge in [0.25, 0.3) is 0 Å². The van der Waals surface area contributed by atoms with Crippen LogP contribution >= 0.6 is 0 Å². The van der Waals surface area contributed by atoms with E-state index in [1.165, 1.54) is 22.7 Å². The first-order chi connectivity index (χ1) is 10.4. The molecule has 1 amide bonds. The lowest BCUT2D eigenvalue weighted by Gasteiger charge is -2.29. The summed E-state index contributed by atoms with van der Waals surface area (Å²) in [6.07, 6.45) is 2.94. The molecule has 2 rings (SSSR count). The molecular weight excluding hydrogens is 307 g/mol. The maximum absolute atomic E-state index is 12.8. The number of hydrogen-bond donors (Lipinski definition) is 1. The van der Waals surface area contributed by atoms with Crippen LogP contribution in [0.1, 0.15) is 18.4 Å². The van der Waals surface area contributed by atoms with E-state index in [2.05, 4.69) is 5.32 Å². The van der Waals surface area contributed by atoms with Gasteiger partial charge in [-0.05, 0) is 37.0 Å². The van der Waals surface area contributed by atoms with Crippen LogP contribution in [0, 0.1) is 11.7 Å². The molecule has 1 saturated heterocycles. The number of carbonyl (C=O) groups excluding carboxylic acids is 1. The molecule has 22 heavy (non-hydrogen) atoms. The Kier molecular flexibility index (Phi) is 5.52. The Bertz CT molecular complexity index is 608. The Morgan fingerprint density at radius 3 is 2.41 bits per heavy atom. The first-order valence-electron chi connectivity index (χ1n) is 7.33. The molecule has 1 aromatic rings. The molecule has 0 unspecified atom stereocenters. The minimum absolute atomic E-state index is 0.0322.